The van der Waals surface area contributed by atoms with E-state index in [0.717, 1.165) is 38.0 Å². The second kappa shape index (κ2) is 11.8. The van der Waals surface area contributed by atoms with Gasteiger partial charge in [0.25, 0.3) is 0 Å². The van der Waals surface area contributed by atoms with Crippen LogP contribution >= 0.6 is 0 Å². The quantitative estimate of drug-likeness (QED) is 0.380. The van der Waals surface area contributed by atoms with Crippen LogP contribution in [0.5, 0.6) is 5.75 Å². The van der Waals surface area contributed by atoms with E-state index in [4.69, 9.17) is 9.47 Å². The standard InChI is InChI=1S/C16H28N4O2/c1-17-16(18-9-11-20(2)12-14-21-3)19-10-13-22-15-7-5-4-6-8-15/h4-8H,9-14H2,1-3H3,(H2,17,18,19). The minimum atomic E-state index is 0.596. The van der Waals surface area contributed by atoms with Gasteiger partial charge < -0.3 is 25.0 Å². The van der Waals surface area contributed by atoms with Crippen molar-refractivity contribution in [1.82, 2.24) is 15.5 Å². The highest BCUT2D eigenvalue weighted by Gasteiger charge is 2.00. The van der Waals surface area contributed by atoms with Gasteiger partial charge in [-0.3, -0.25) is 4.99 Å². The lowest BCUT2D eigenvalue weighted by Gasteiger charge is -2.17. The summed E-state index contributed by atoms with van der Waals surface area (Å²) in [7, 11) is 5.56. The normalized spacial score (nSPS) is 11.5. The number of nitrogens with zero attached hydrogens (tertiary/aromatic N) is 2. The zero-order chi connectivity index (χ0) is 16.0. The molecule has 0 saturated heterocycles. The SMILES string of the molecule is CN=C(NCCOc1ccccc1)NCCN(C)CCOC. The van der Waals surface area contributed by atoms with Gasteiger partial charge in [-0.05, 0) is 19.2 Å². The van der Waals surface area contributed by atoms with Crippen LogP contribution in [0.3, 0.4) is 0 Å². The fraction of sp³-hybridized carbons (Fsp3) is 0.562. The molecule has 0 unspecified atom stereocenters. The Bertz CT molecular complexity index is 412. The van der Waals surface area contributed by atoms with Crippen molar-refractivity contribution in [2.45, 2.75) is 0 Å². The third kappa shape index (κ3) is 8.49. The molecule has 0 radical (unpaired) electrons. The molecule has 2 N–H and O–H groups in total. The fourth-order valence-electron chi connectivity index (χ4n) is 1.80. The van der Waals surface area contributed by atoms with Crippen molar-refractivity contribution >= 4 is 5.96 Å². The number of benzene rings is 1. The Morgan fingerprint density at radius 1 is 1.09 bits per heavy atom. The van der Waals surface area contributed by atoms with Crippen LogP contribution in [0.25, 0.3) is 0 Å². The van der Waals surface area contributed by atoms with Gasteiger partial charge in [0.15, 0.2) is 5.96 Å². The third-order valence-corrected chi connectivity index (χ3v) is 3.09. The van der Waals surface area contributed by atoms with Gasteiger partial charge in [-0.1, -0.05) is 18.2 Å². The predicted molar refractivity (Wildman–Crippen MR) is 90.7 cm³/mol. The Kier molecular flexibility index (Phi) is 9.81. The van der Waals surface area contributed by atoms with E-state index in [1.165, 1.54) is 0 Å². The van der Waals surface area contributed by atoms with Crippen molar-refractivity contribution in [2.24, 2.45) is 4.99 Å². The van der Waals surface area contributed by atoms with Crippen LogP contribution in [-0.4, -0.2) is 71.5 Å². The molecule has 0 aliphatic carbocycles. The highest BCUT2D eigenvalue weighted by molar-refractivity contribution is 5.79. The van der Waals surface area contributed by atoms with Crippen LogP contribution in [-0.2, 0) is 4.74 Å². The number of rotatable bonds is 10. The summed E-state index contributed by atoms with van der Waals surface area (Å²) in [6.07, 6.45) is 0. The number of methoxy groups -OCH3 is 1. The number of nitrogens with one attached hydrogen (secondary N) is 2. The molecule has 1 aromatic carbocycles. The maximum Gasteiger partial charge on any atom is 0.191 e. The molecule has 0 heterocycles. The number of hydrogen-bond acceptors (Lipinski definition) is 4. The number of aliphatic imine (C=N–C) groups is 1. The van der Waals surface area contributed by atoms with Crippen LogP contribution in [0.15, 0.2) is 35.3 Å². The van der Waals surface area contributed by atoms with E-state index < -0.39 is 0 Å². The molecule has 0 spiro atoms. The van der Waals surface area contributed by atoms with E-state index in [0.29, 0.717) is 13.2 Å². The first-order valence-electron chi connectivity index (χ1n) is 7.56. The minimum Gasteiger partial charge on any atom is -0.492 e. The first-order chi connectivity index (χ1) is 10.8. The Labute approximate surface area is 133 Å². The van der Waals surface area contributed by atoms with Crippen LogP contribution in [0.1, 0.15) is 0 Å². The highest BCUT2D eigenvalue weighted by Crippen LogP contribution is 2.07. The van der Waals surface area contributed by atoms with Gasteiger partial charge in [0.2, 0.25) is 0 Å². The van der Waals surface area contributed by atoms with Crippen LogP contribution < -0.4 is 15.4 Å². The molecule has 0 atom stereocenters. The monoisotopic (exact) mass is 308 g/mol. The lowest BCUT2D eigenvalue weighted by Crippen LogP contribution is -2.42. The molecule has 0 aliphatic rings. The van der Waals surface area contributed by atoms with Gasteiger partial charge in [0.05, 0.1) is 13.2 Å². The molecule has 0 aromatic heterocycles. The molecular formula is C16H28N4O2. The van der Waals surface area contributed by atoms with Gasteiger partial charge in [0.1, 0.15) is 12.4 Å². The van der Waals surface area contributed by atoms with Gasteiger partial charge in [0, 0.05) is 33.8 Å². The van der Waals surface area contributed by atoms with Crippen LogP contribution in [0, 0.1) is 0 Å². The number of ether oxygens (including phenoxy) is 2. The maximum absolute atomic E-state index is 5.62. The molecule has 124 valence electrons. The predicted octanol–water partition coefficient (Wildman–Crippen LogP) is 0.809. The van der Waals surface area contributed by atoms with E-state index in [1.54, 1.807) is 14.2 Å². The molecule has 22 heavy (non-hydrogen) atoms. The summed E-state index contributed by atoms with van der Waals surface area (Å²) in [5.41, 5.74) is 0. The van der Waals surface area contributed by atoms with Gasteiger partial charge in [-0.25, -0.2) is 0 Å². The van der Waals surface area contributed by atoms with E-state index in [2.05, 4.69) is 27.6 Å². The van der Waals surface area contributed by atoms with Crippen molar-refractivity contribution < 1.29 is 9.47 Å². The zero-order valence-electron chi connectivity index (χ0n) is 13.8. The molecule has 0 fully saturated rings. The van der Waals surface area contributed by atoms with E-state index in [-0.39, 0.29) is 0 Å². The Hall–Kier alpha value is -1.79. The van der Waals surface area contributed by atoms with Gasteiger partial charge in [-0.15, -0.1) is 0 Å². The van der Waals surface area contributed by atoms with Crippen molar-refractivity contribution in [2.75, 3.05) is 60.6 Å². The highest BCUT2D eigenvalue weighted by atomic mass is 16.5. The summed E-state index contributed by atoms with van der Waals surface area (Å²) < 4.78 is 10.7. The van der Waals surface area contributed by atoms with Crippen LogP contribution in [0.4, 0.5) is 0 Å². The van der Waals surface area contributed by atoms with E-state index in [1.807, 2.05) is 30.3 Å². The second-order valence-corrected chi connectivity index (χ2v) is 4.88. The third-order valence-electron chi connectivity index (χ3n) is 3.09. The zero-order valence-corrected chi connectivity index (χ0v) is 13.8. The summed E-state index contributed by atoms with van der Waals surface area (Å²) >= 11 is 0. The minimum absolute atomic E-state index is 0.596. The molecule has 0 aliphatic heterocycles. The summed E-state index contributed by atoms with van der Waals surface area (Å²) in [6.45, 7) is 4.74. The average Bonchev–Trinajstić information content (AvgIpc) is 2.56. The van der Waals surface area contributed by atoms with Crippen LogP contribution in [0.2, 0.25) is 0 Å². The molecule has 6 nitrogen and oxygen atoms in total. The van der Waals surface area contributed by atoms with E-state index >= 15 is 0 Å². The molecule has 1 aromatic rings. The topological polar surface area (TPSA) is 58.1 Å². The number of likely N-dealkylation sites (N-methyl/N-ethyl adjacent to an activating group) is 1. The smallest absolute Gasteiger partial charge is 0.191 e. The first kappa shape index (κ1) is 18.3. The lowest BCUT2D eigenvalue weighted by molar-refractivity contribution is 0.162. The Balaban J connectivity index is 2.09. The van der Waals surface area contributed by atoms with Gasteiger partial charge >= 0.3 is 0 Å². The molecule has 6 heteroatoms. The Morgan fingerprint density at radius 2 is 1.82 bits per heavy atom. The number of para-hydroxylation sites is 1. The summed E-state index contributed by atoms with van der Waals surface area (Å²) in [6, 6.07) is 9.79. The Morgan fingerprint density at radius 3 is 2.50 bits per heavy atom. The molecule has 0 saturated carbocycles. The molecule has 0 amide bonds. The van der Waals surface area contributed by atoms with E-state index in [9.17, 15) is 0 Å². The fourth-order valence-corrected chi connectivity index (χ4v) is 1.80. The average molecular weight is 308 g/mol. The summed E-state index contributed by atoms with van der Waals surface area (Å²) in [5, 5.41) is 6.50. The largest absolute Gasteiger partial charge is 0.492 e. The van der Waals surface area contributed by atoms with Gasteiger partial charge in [-0.2, -0.15) is 0 Å². The summed E-state index contributed by atoms with van der Waals surface area (Å²) in [5.74, 6) is 1.67. The van der Waals surface area contributed by atoms with Crippen molar-refractivity contribution in [3.05, 3.63) is 30.3 Å². The first-order valence-corrected chi connectivity index (χ1v) is 7.56. The second-order valence-electron chi connectivity index (χ2n) is 4.88. The molecule has 0 bridgehead atoms. The van der Waals surface area contributed by atoms with Crippen molar-refractivity contribution in [3.63, 3.8) is 0 Å². The number of hydrogen-bond donors (Lipinski definition) is 2. The lowest BCUT2D eigenvalue weighted by atomic mass is 10.3. The van der Waals surface area contributed by atoms with Crippen molar-refractivity contribution in [1.29, 1.82) is 0 Å². The van der Waals surface area contributed by atoms with Crippen molar-refractivity contribution in [3.8, 4) is 5.75 Å². The number of guanidine groups is 1. The maximum atomic E-state index is 5.62. The molecular weight excluding hydrogens is 280 g/mol. The molecule has 1 rings (SSSR count). The summed E-state index contributed by atoms with van der Waals surface area (Å²) in [4.78, 5) is 6.40.